The van der Waals surface area contributed by atoms with Crippen molar-refractivity contribution >= 4 is 57.4 Å². The fourth-order valence-corrected chi connectivity index (χ4v) is 15.4. The summed E-state index contributed by atoms with van der Waals surface area (Å²) in [6.45, 7) is 6.35. The Morgan fingerprint density at radius 3 is 1.65 bits per heavy atom. The van der Waals surface area contributed by atoms with Gasteiger partial charge in [0.1, 0.15) is 29.4 Å². The van der Waals surface area contributed by atoms with E-state index >= 15 is 8.78 Å². The van der Waals surface area contributed by atoms with Gasteiger partial charge in [0.2, 0.25) is 11.8 Å². The number of aromatic nitrogens is 4. The van der Waals surface area contributed by atoms with Crippen LogP contribution in [0.4, 0.5) is 29.7 Å². The topological polar surface area (TPSA) is 203 Å². The molecule has 81 heavy (non-hydrogen) atoms. The van der Waals surface area contributed by atoms with Crippen LogP contribution in [0.1, 0.15) is 175 Å². The molecule has 0 radical (unpaired) electrons. The lowest BCUT2D eigenvalue weighted by atomic mass is 9.81. The highest BCUT2D eigenvalue weighted by Gasteiger charge is 2.51. The van der Waals surface area contributed by atoms with Gasteiger partial charge in [-0.3, -0.25) is 9.59 Å². The van der Waals surface area contributed by atoms with E-state index in [4.69, 9.17) is 9.97 Å². The predicted octanol–water partition coefficient (Wildman–Crippen LogP) is 12.4. The number of hydrogen-bond donors (Lipinski definition) is 6. The molecule has 6 aromatic rings. The smallest absolute Gasteiger partial charge is 0.405 e. The first-order valence-electron chi connectivity index (χ1n) is 29.9. The van der Waals surface area contributed by atoms with Crippen molar-refractivity contribution in [3.05, 3.63) is 119 Å². The number of amides is 4. The minimum absolute atomic E-state index is 0.0156. The molecular formula is C63H76F2N10O6. The van der Waals surface area contributed by atoms with Crippen LogP contribution in [-0.2, 0) is 15.1 Å². The normalized spacial score (nSPS) is 25.0. The molecule has 6 N–H and O–H groups in total. The third-order valence-corrected chi connectivity index (χ3v) is 19.7. The maximum Gasteiger partial charge on any atom is 0.405 e. The van der Waals surface area contributed by atoms with Crippen LogP contribution in [0.15, 0.2) is 78.9 Å². The second kappa shape index (κ2) is 22.6. The minimum Gasteiger partial charge on any atom is -0.465 e. The Bertz CT molecular complexity index is 3270. The Balaban J connectivity index is 0.876. The number of piperidine rings is 1. The molecule has 6 fully saturated rings. The molecule has 4 aliphatic heterocycles. The van der Waals surface area contributed by atoms with Crippen molar-refractivity contribution in [1.82, 2.24) is 40.4 Å². The summed E-state index contributed by atoms with van der Waals surface area (Å²) in [5, 5.41) is 24.9. The van der Waals surface area contributed by atoms with E-state index in [1.807, 2.05) is 41.3 Å². The summed E-state index contributed by atoms with van der Waals surface area (Å²) in [6, 6.07) is 22.8. The summed E-state index contributed by atoms with van der Waals surface area (Å²) in [6.07, 6.45) is 11.9. The van der Waals surface area contributed by atoms with Gasteiger partial charge in [0.05, 0.1) is 45.7 Å². The summed E-state index contributed by atoms with van der Waals surface area (Å²) in [7, 11) is 0. The zero-order valence-electron chi connectivity index (χ0n) is 46.5. The summed E-state index contributed by atoms with van der Waals surface area (Å²) in [5.41, 5.74) is 5.53. The fourth-order valence-electron chi connectivity index (χ4n) is 15.4. The second-order valence-corrected chi connectivity index (χ2v) is 24.4. The molecule has 2 saturated carbocycles. The molecule has 6 heterocycles. The van der Waals surface area contributed by atoms with Crippen molar-refractivity contribution in [2.24, 2.45) is 17.8 Å². The molecule has 4 saturated heterocycles. The maximum atomic E-state index is 17.1. The van der Waals surface area contributed by atoms with Gasteiger partial charge >= 0.3 is 12.2 Å². The molecule has 2 aliphatic carbocycles. The molecule has 4 amide bonds. The van der Waals surface area contributed by atoms with Gasteiger partial charge in [-0.1, -0.05) is 87.9 Å². The van der Waals surface area contributed by atoms with Crippen LogP contribution >= 0.6 is 0 Å². The number of aromatic amines is 2. The van der Waals surface area contributed by atoms with Gasteiger partial charge in [-0.25, -0.2) is 28.3 Å². The number of fused-ring (bicyclic) bond motifs is 2. The lowest BCUT2D eigenvalue weighted by Crippen LogP contribution is -2.52. The number of nitrogens with zero attached hydrogens (tertiary/aromatic N) is 6. The highest BCUT2D eigenvalue weighted by Crippen LogP contribution is 2.55. The summed E-state index contributed by atoms with van der Waals surface area (Å²) >= 11 is 0. The Hall–Kier alpha value is -7.24. The number of rotatable bonds is 13. The van der Waals surface area contributed by atoms with Crippen LogP contribution in [0, 0.1) is 29.4 Å². The molecule has 12 rings (SSSR count). The van der Waals surface area contributed by atoms with Crippen molar-refractivity contribution in [3.63, 3.8) is 0 Å². The standard InChI is InChI=1S/C63H76F2N10O6/c1-37-32-53(42-22-24-47-49(33-42)68-57(66-47)51-20-12-28-73(51)59(76)54(70-61(78)79)40-16-8-4-9-17-40)75(44-35-45(64)56(46(65)36-44)72-30-26-39(27-31-72)38-14-6-3-7-15-38)63(37,2)43-23-25-48-50(34-43)69-58(67-48)52-21-13-29-74(52)60(77)55(71-62(80)81)41-18-10-5-11-19-41/h3,6-7,14-15,22-25,33-37,39-41,51-55,70-71H,4-5,8-13,16-21,26-32H2,1-2H3,(H,66,68)(H,67,69)(H,78,79)(H,80,81)/t37?,51-,52-,53+,54-,55-,63+/m0/s1. The molecule has 7 atom stereocenters. The van der Waals surface area contributed by atoms with Gasteiger partial charge in [0.25, 0.3) is 0 Å². The number of nitrogens with one attached hydrogen (secondary N) is 4. The van der Waals surface area contributed by atoms with E-state index in [0.29, 0.717) is 79.7 Å². The molecule has 0 spiro atoms. The number of anilines is 2. The van der Waals surface area contributed by atoms with Crippen LogP contribution in [0.25, 0.3) is 22.1 Å². The van der Waals surface area contributed by atoms with Gasteiger partial charge in [0, 0.05) is 31.9 Å². The summed E-state index contributed by atoms with van der Waals surface area (Å²) in [5.74, 6) is -0.275. The Kier molecular flexibility index (Phi) is 15.2. The van der Waals surface area contributed by atoms with Crippen molar-refractivity contribution < 1.29 is 38.2 Å². The first kappa shape index (κ1) is 54.4. The average molecular weight is 1110 g/mol. The Morgan fingerprint density at radius 1 is 0.605 bits per heavy atom. The number of imidazole rings is 2. The minimum atomic E-state index is -1.20. The number of benzene rings is 4. The number of H-pyrrole nitrogens is 2. The van der Waals surface area contributed by atoms with Gasteiger partial charge in [-0.05, 0) is 154 Å². The van der Waals surface area contributed by atoms with E-state index < -0.39 is 41.4 Å². The molecule has 428 valence electrons. The van der Waals surface area contributed by atoms with Gasteiger partial charge < -0.3 is 50.4 Å². The SMILES string of the molecule is CC1C[C@H](c2ccc3[nH]c([C@@H]4CCCN4C(=O)[C@@H](NC(=O)O)C4CCCCC4)nc3c2)N(c2cc(F)c(N3CCC(c4ccccc4)CC3)c(F)c2)[C@@]1(C)c1ccc2[nH]c([C@@H]3CCCN3C(=O)[C@@H](NC(=O)O)C3CCCCC3)nc2c1. The van der Waals surface area contributed by atoms with Crippen molar-refractivity contribution in [1.29, 1.82) is 0 Å². The number of hydrogen-bond acceptors (Lipinski definition) is 8. The van der Waals surface area contributed by atoms with E-state index in [9.17, 15) is 29.4 Å². The van der Waals surface area contributed by atoms with Gasteiger partial charge in [-0.15, -0.1) is 0 Å². The number of carboxylic acid groups (broad SMARTS) is 2. The van der Waals surface area contributed by atoms with E-state index in [1.165, 1.54) is 17.7 Å². The van der Waals surface area contributed by atoms with E-state index in [0.717, 1.165) is 112 Å². The number of carbonyl (C=O) groups excluding carboxylic acids is 2. The first-order valence-corrected chi connectivity index (χ1v) is 29.9. The molecule has 6 aliphatic rings. The predicted molar refractivity (Wildman–Crippen MR) is 306 cm³/mol. The summed E-state index contributed by atoms with van der Waals surface area (Å²) in [4.78, 5) is 77.8. The lowest BCUT2D eigenvalue weighted by molar-refractivity contribution is -0.136. The molecule has 4 aromatic carbocycles. The number of halogens is 2. The van der Waals surface area contributed by atoms with Gasteiger partial charge in [0.15, 0.2) is 11.6 Å². The first-order chi connectivity index (χ1) is 39.2. The Morgan fingerprint density at radius 2 is 1.12 bits per heavy atom. The van der Waals surface area contributed by atoms with Crippen molar-refractivity contribution in [2.75, 3.05) is 36.0 Å². The maximum absolute atomic E-state index is 17.1. The fraction of sp³-hybridized carbons (Fsp3) is 0.524. The molecule has 0 bridgehead atoms. The van der Waals surface area contributed by atoms with Crippen LogP contribution in [0.2, 0.25) is 0 Å². The van der Waals surface area contributed by atoms with Crippen molar-refractivity contribution in [3.8, 4) is 0 Å². The Labute approximate surface area is 471 Å². The highest BCUT2D eigenvalue weighted by atomic mass is 19.1. The summed E-state index contributed by atoms with van der Waals surface area (Å²) < 4.78 is 34.2. The number of likely N-dealkylation sites (tertiary alicyclic amines) is 2. The van der Waals surface area contributed by atoms with E-state index in [2.05, 4.69) is 69.7 Å². The largest absolute Gasteiger partial charge is 0.465 e. The monoisotopic (exact) mass is 1110 g/mol. The zero-order chi connectivity index (χ0) is 56.1. The van der Waals surface area contributed by atoms with Crippen LogP contribution in [-0.4, -0.2) is 102 Å². The highest BCUT2D eigenvalue weighted by molar-refractivity contribution is 5.87. The van der Waals surface area contributed by atoms with Crippen LogP contribution in [0.3, 0.4) is 0 Å². The average Bonchev–Trinajstić information content (AvgIpc) is 4.40. The third kappa shape index (κ3) is 10.4. The van der Waals surface area contributed by atoms with Gasteiger partial charge in [-0.2, -0.15) is 0 Å². The second-order valence-electron chi connectivity index (χ2n) is 24.4. The van der Waals surface area contributed by atoms with Crippen LogP contribution in [0.5, 0.6) is 0 Å². The number of carbonyl (C=O) groups is 4. The van der Waals surface area contributed by atoms with Crippen LogP contribution < -0.4 is 20.4 Å². The van der Waals surface area contributed by atoms with E-state index in [-0.39, 0.29) is 53.4 Å². The van der Waals surface area contributed by atoms with Crippen molar-refractivity contribution in [2.45, 2.75) is 165 Å². The molecular weight excluding hydrogens is 1030 g/mol. The lowest BCUT2D eigenvalue weighted by Gasteiger charge is -2.43. The molecule has 18 heteroatoms. The zero-order valence-corrected chi connectivity index (χ0v) is 46.5. The quantitative estimate of drug-likeness (QED) is 0.0646. The molecule has 2 aromatic heterocycles. The van der Waals surface area contributed by atoms with E-state index in [1.54, 1.807) is 9.80 Å². The molecule has 16 nitrogen and oxygen atoms in total. The third-order valence-electron chi connectivity index (χ3n) is 19.7. The molecule has 1 unspecified atom stereocenters.